The van der Waals surface area contributed by atoms with E-state index in [0.29, 0.717) is 10.6 Å². The fourth-order valence-corrected chi connectivity index (χ4v) is 6.25. The standard InChI is InChI=1S/C14H14O4S3/c1-17-11-3-7-13(8-4-11)19-21(16)20(15)14-9-5-12(18-2)6-10-14/h3-10H,1-2H3. The van der Waals surface area contributed by atoms with E-state index < -0.39 is 18.7 Å². The molecule has 0 aromatic heterocycles. The van der Waals surface area contributed by atoms with Crippen LogP contribution >= 0.6 is 10.8 Å². The highest BCUT2D eigenvalue weighted by atomic mass is 33.5. The molecule has 0 fully saturated rings. The van der Waals surface area contributed by atoms with Crippen molar-refractivity contribution in [2.75, 3.05) is 14.2 Å². The second-order valence-electron chi connectivity index (χ2n) is 3.87. The van der Waals surface area contributed by atoms with Gasteiger partial charge < -0.3 is 9.47 Å². The average molecular weight is 342 g/mol. The minimum absolute atomic E-state index is 0.509. The fraction of sp³-hybridized carbons (Fsp3) is 0.143. The summed E-state index contributed by atoms with van der Waals surface area (Å²) in [6.45, 7) is 0. The Bertz CT molecular complexity index is 638. The fourth-order valence-electron chi connectivity index (χ4n) is 1.51. The van der Waals surface area contributed by atoms with Crippen LogP contribution < -0.4 is 9.47 Å². The van der Waals surface area contributed by atoms with Gasteiger partial charge in [-0.3, -0.25) is 0 Å². The van der Waals surface area contributed by atoms with E-state index in [1.54, 1.807) is 62.8 Å². The van der Waals surface area contributed by atoms with Crippen molar-refractivity contribution in [2.45, 2.75) is 9.79 Å². The number of rotatable bonds is 6. The summed E-state index contributed by atoms with van der Waals surface area (Å²) in [4.78, 5) is 1.28. The predicted octanol–water partition coefficient (Wildman–Crippen LogP) is 3.18. The van der Waals surface area contributed by atoms with Gasteiger partial charge in [-0.05, 0) is 59.3 Å². The Kier molecular flexibility index (Phi) is 5.84. The number of hydrogen-bond acceptors (Lipinski definition) is 5. The summed E-state index contributed by atoms with van der Waals surface area (Å²) in [5.74, 6) is 1.39. The van der Waals surface area contributed by atoms with Crippen molar-refractivity contribution in [3.05, 3.63) is 48.5 Å². The first-order chi connectivity index (χ1) is 10.1. The molecule has 7 heteroatoms. The smallest absolute Gasteiger partial charge is 0.181 e. The van der Waals surface area contributed by atoms with Gasteiger partial charge in [-0.1, -0.05) is 0 Å². The Hall–Kier alpha value is -1.31. The van der Waals surface area contributed by atoms with Crippen molar-refractivity contribution in [2.24, 2.45) is 0 Å². The number of benzene rings is 2. The lowest BCUT2D eigenvalue weighted by molar-refractivity contribution is 0.414. The molecule has 0 spiro atoms. The summed E-state index contributed by atoms with van der Waals surface area (Å²) in [6.07, 6.45) is 0. The first-order valence-electron chi connectivity index (χ1n) is 5.94. The monoisotopic (exact) mass is 342 g/mol. The molecule has 0 amide bonds. The third kappa shape index (κ3) is 4.33. The Balaban J connectivity index is 2.05. The van der Waals surface area contributed by atoms with Crippen LogP contribution in [0.2, 0.25) is 0 Å². The van der Waals surface area contributed by atoms with E-state index >= 15 is 0 Å². The van der Waals surface area contributed by atoms with Crippen LogP contribution in [0.1, 0.15) is 0 Å². The molecule has 0 radical (unpaired) electrons. The van der Waals surface area contributed by atoms with Crippen molar-refractivity contribution in [3.8, 4) is 11.5 Å². The minimum atomic E-state index is -1.60. The van der Waals surface area contributed by atoms with Gasteiger partial charge in [0.2, 0.25) is 0 Å². The van der Waals surface area contributed by atoms with Crippen LogP contribution in [-0.4, -0.2) is 22.6 Å². The molecule has 0 saturated carbocycles. The van der Waals surface area contributed by atoms with E-state index in [1.165, 1.54) is 0 Å². The molecule has 2 rings (SSSR count). The van der Waals surface area contributed by atoms with Crippen LogP contribution in [0.25, 0.3) is 0 Å². The van der Waals surface area contributed by atoms with Gasteiger partial charge in [0.25, 0.3) is 0 Å². The maximum Gasteiger partial charge on any atom is 0.181 e. The lowest BCUT2D eigenvalue weighted by Crippen LogP contribution is -1.96. The Morgan fingerprint density at radius 3 is 1.76 bits per heavy atom. The quantitative estimate of drug-likeness (QED) is 0.755. The zero-order valence-corrected chi connectivity index (χ0v) is 13.9. The van der Waals surface area contributed by atoms with Crippen LogP contribution in [0.3, 0.4) is 0 Å². The summed E-state index contributed by atoms with van der Waals surface area (Å²) in [5.41, 5.74) is 0. The van der Waals surface area contributed by atoms with Crippen molar-refractivity contribution >= 4 is 29.5 Å². The molecule has 0 saturated heterocycles. The first-order valence-corrected chi connectivity index (χ1v) is 10.1. The van der Waals surface area contributed by atoms with Gasteiger partial charge in [-0.2, -0.15) is 0 Å². The van der Waals surface area contributed by atoms with Crippen LogP contribution in [0.4, 0.5) is 0 Å². The van der Waals surface area contributed by atoms with E-state index in [4.69, 9.17) is 9.47 Å². The highest BCUT2D eigenvalue weighted by molar-refractivity contribution is 8.97. The number of hydrogen-bond donors (Lipinski definition) is 0. The van der Waals surface area contributed by atoms with Gasteiger partial charge in [-0.15, -0.1) is 0 Å². The molecule has 0 bridgehead atoms. The summed E-state index contributed by atoms with van der Waals surface area (Å²) >= 11 is 0. The SMILES string of the molecule is COc1ccc(SS(=O)S(=O)c2ccc(OC)cc2)cc1. The molecule has 0 aliphatic rings. The molecule has 2 unspecified atom stereocenters. The third-order valence-corrected chi connectivity index (χ3v) is 8.13. The van der Waals surface area contributed by atoms with Gasteiger partial charge in [-0.25, -0.2) is 8.42 Å². The second-order valence-corrected chi connectivity index (χ2v) is 9.72. The van der Waals surface area contributed by atoms with Crippen LogP contribution in [0.5, 0.6) is 11.5 Å². The van der Waals surface area contributed by atoms with E-state index in [0.717, 1.165) is 21.4 Å². The Morgan fingerprint density at radius 2 is 1.29 bits per heavy atom. The molecule has 4 nitrogen and oxygen atoms in total. The number of ether oxygens (including phenoxy) is 2. The van der Waals surface area contributed by atoms with Crippen molar-refractivity contribution in [1.29, 1.82) is 0 Å². The van der Waals surface area contributed by atoms with Crippen LogP contribution in [0.15, 0.2) is 58.3 Å². The highest BCUT2D eigenvalue weighted by Gasteiger charge is 2.14. The predicted molar refractivity (Wildman–Crippen MR) is 86.4 cm³/mol. The van der Waals surface area contributed by atoms with E-state index in [-0.39, 0.29) is 0 Å². The van der Waals surface area contributed by atoms with Gasteiger partial charge >= 0.3 is 0 Å². The van der Waals surface area contributed by atoms with E-state index in [1.807, 2.05) is 0 Å². The molecule has 0 aliphatic carbocycles. The summed E-state index contributed by atoms with van der Waals surface area (Å²) in [7, 11) is 1.03. The Morgan fingerprint density at radius 1 is 0.810 bits per heavy atom. The maximum atomic E-state index is 12.2. The third-order valence-electron chi connectivity index (χ3n) is 2.60. The maximum absolute atomic E-state index is 12.2. The van der Waals surface area contributed by atoms with Crippen molar-refractivity contribution in [1.82, 2.24) is 0 Å². The molecule has 2 aromatic carbocycles. The van der Waals surface area contributed by atoms with E-state index in [2.05, 4.69) is 0 Å². The lowest BCUT2D eigenvalue weighted by Gasteiger charge is -2.04. The van der Waals surface area contributed by atoms with Crippen molar-refractivity contribution in [3.63, 3.8) is 0 Å². The molecule has 2 aromatic rings. The molecule has 0 aliphatic heterocycles. The summed E-state index contributed by atoms with van der Waals surface area (Å²) in [6, 6.07) is 13.8. The zero-order chi connectivity index (χ0) is 15.2. The Labute approximate surface area is 131 Å². The molecule has 0 N–H and O–H groups in total. The van der Waals surface area contributed by atoms with Gasteiger partial charge in [0.05, 0.1) is 19.1 Å². The number of methoxy groups -OCH3 is 2. The topological polar surface area (TPSA) is 52.6 Å². The molecule has 112 valence electrons. The van der Waals surface area contributed by atoms with Gasteiger partial charge in [0, 0.05) is 4.90 Å². The molecule has 0 heterocycles. The van der Waals surface area contributed by atoms with Gasteiger partial charge in [0.15, 0.2) is 18.7 Å². The normalized spacial score (nSPS) is 13.4. The van der Waals surface area contributed by atoms with Crippen LogP contribution in [-0.2, 0) is 18.7 Å². The molecule has 2 atom stereocenters. The van der Waals surface area contributed by atoms with E-state index in [9.17, 15) is 8.42 Å². The second kappa shape index (κ2) is 7.63. The van der Waals surface area contributed by atoms with Crippen LogP contribution in [0, 0.1) is 0 Å². The highest BCUT2D eigenvalue weighted by Crippen LogP contribution is 2.28. The first kappa shape index (κ1) is 16.1. The van der Waals surface area contributed by atoms with Gasteiger partial charge in [0.1, 0.15) is 11.5 Å². The zero-order valence-electron chi connectivity index (χ0n) is 11.5. The lowest BCUT2D eigenvalue weighted by atomic mass is 10.3. The minimum Gasteiger partial charge on any atom is -0.497 e. The summed E-state index contributed by atoms with van der Waals surface area (Å²) in [5, 5.41) is 0. The summed E-state index contributed by atoms with van der Waals surface area (Å²) < 4.78 is 34.4. The van der Waals surface area contributed by atoms with Crippen molar-refractivity contribution < 1.29 is 17.9 Å². The largest absolute Gasteiger partial charge is 0.497 e. The average Bonchev–Trinajstić information content (AvgIpc) is 2.55. The molecular formula is C14H14O4S3. The molecular weight excluding hydrogens is 328 g/mol. The molecule has 21 heavy (non-hydrogen) atoms.